The van der Waals surface area contributed by atoms with Crippen LogP contribution in [-0.2, 0) is 11.2 Å². The van der Waals surface area contributed by atoms with Gasteiger partial charge in [0.15, 0.2) is 0 Å². The molecule has 1 aromatic carbocycles. The third kappa shape index (κ3) is 2.08. The van der Waals surface area contributed by atoms with Crippen molar-refractivity contribution in [2.24, 2.45) is 0 Å². The van der Waals surface area contributed by atoms with Gasteiger partial charge in [0.1, 0.15) is 0 Å². The Balaban J connectivity index is 2.24. The fourth-order valence-corrected chi connectivity index (χ4v) is 2.04. The molecule has 1 unspecified atom stereocenters. The third-order valence-corrected chi connectivity index (χ3v) is 2.90. The van der Waals surface area contributed by atoms with Gasteiger partial charge < -0.3 is 15.7 Å². The largest absolute Gasteiger partial charge is 0.396 e. The molecule has 3 N–H and O–H groups in total. The van der Waals surface area contributed by atoms with Gasteiger partial charge in [0.05, 0.1) is 13.0 Å². The Morgan fingerprint density at radius 3 is 3.06 bits per heavy atom. The van der Waals surface area contributed by atoms with E-state index in [0.717, 1.165) is 23.4 Å². The molecule has 0 fully saturated rings. The predicted molar refractivity (Wildman–Crippen MR) is 62.5 cm³/mol. The molecular weight excluding hydrogens is 204 g/mol. The van der Waals surface area contributed by atoms with Gasteiger partial charge in [-0.2, -0.15) is 0 Å². The molecule has 0 spiro atoms. The fourth-order valence-electron chi connectivity index (χ4n) is 2.04. The van der Waals surface area contributed by atoms with E-state index in [4.69, 9.17) is 0 Å². The van der Waals surface area contributed by atoms with Crippen LogP contribution < -0.4 is 10.6 Å². The summed E-state index contributed by atoms with van der Waals surface area (Å²) in [6, 6.07) is 5.88. The van der Waals surface area contributed by atoms with Gasteiger partial charge in [0, 0.05) is 18.2 Å². The van der Waals surface area contributed by atoms with E-state index in [0.29, 0.717) is 6.42 Å². The Hall–Kier alpha value is -1.39. The average molecular weight is 220 g/mol. The first-order valence-corrected chi connectivity index (χ1v) is 5.42. The molecule has 0 aromatic heterocycles. The number of hydrogen-bond acceptors (Lipinski definition) is 3. The van der Waals surface area contributed by atoms with Gasteiger partial charge in [0.2, 0.25) is 5.91 Å². The van der Waals surface area contributed by atoms with Crippen molar-refractivity contribution < 1.29 is 9.90 Å². The van der Waals surface area contributed by atoms with Crippen LogP contribution in [0.25, 0.3) is 0 Å². The molecule has 0 bridgehead atoms. The quantitative estimate of drug-likeness (QED) is 0.691. The molecule has 1 aliphatic rings. The van der Waals surface area contributed by atoms with Crippen molar-refractivity contribution in [3.05, 3.63) is 29.3 Å². The molecule has 86 valence electrons. The van der Waals surface area contributed by atoms with Crippen molar-refractivity contribution in [3.63, 3.8) is 0 Å². The maximum absolute atomic E-state index is 11.2. The lowest BCUT2D eigenvalue weighted by molar-refractivity contribution is -0.115. The van der Waals surface area contributed by atoms with Crippen LogP contribution in [0.1, 0.15) is 17.0 Å². The molecule has 16 heavy (non-hydrogen) atoms. The van der Waals surface area contributed by atoms with E-state index in [9.17, 15) is 9.90 Å². The van der Waals surface area contributed by atoms with Crippen LogP contribution in [0.15, 0.2) is 18.2 Å². The van der Waals surface area contributed by atoms with E-state index in [1.165, 1.54) is 0 Å². The van der Waals surface area contributed by atoms with Crippen LogP contribution in [-0.4, -0.2) is 31.2 Å². The summed E-state index contributed by atoms with van der Waals surface area (Å²) >= 11 is 0. The summed E-state index contributed by atoms with van der Waals surface area (Å²) in [6.07, 6.45) is 0.445. The highest BCUT2D eigenvalue weighted by atomic mass is 16.3. The second-order valence-corrected chi connectivity index (χ2v) is 4.08. The maximum Gasteiger partial charge on any atom is 0.228 e. The van der Waals surface area contributed by atoms with Crippen molar-refractivity contribution in [1.29, 1.82) is 0 Å². The maximum atomic E-state index is 11.2. The number of hydrogen-bond donors (Lipinski definition) is 3. The summed E-state index contributed by atoms with van der Waals surface area (Å²) < 4.78 is 0. The Morgan fingerprint density at radius 2 is 2.38 bits per heavy atom. The average Bonchev–Trinajstić information content (AvgIpc) is 2.64. The van der Waals surface area contributed by atoms with Crippen molar-refractivity contribution in [3.8, 4) is 0 Å². The van der Waals surface area contributed by atoms with Gasteiger partial charge in [-0.3, -0.25) is 4.79 Å². The number of amides is 1. The summed E-state index contributed by atoms with van der Waals surface area (Å²) in [5.41, 5.74) is 3.00. The lowest BCUT2D eigenvalue weighted by Gasteiger charge is -2.14. The number of aliphatic hydroxyl groups is 1. The van der Waals surface area contributed by atoms with Gasteiger partial charge in [-0.1, -0.05) is 12.1 Å². The van der Waals surface area contributed by atoms with E-state index in [1.54, 1.807) is 0 Å². The van der Waals surface area contributed by atoms with Crippen LogP contribution in [0.2, 0.25) is 0 Å². The predicted octanol–water partition coefficient (Wildman–Crippen LogP) is 0.477. The Bertz CT molecular complexity index is 404. The number of aliphatic hydroxyl groups excluding tert-OH is 1. The molecule has 1 amide bonds. The van der Waals surface area contributed by atoms with E-state index in [1.807, 2.05) is 25.2 Å². The zero-order valence-electron chi connectivity index (χ0n) is 9.29. The van der Waals surface area contributed by atoms with Crippen LogP contribution in [0.5, 0.6) is 0 Å². The van der Waals surface area contributed by atoms with E-state index < -0.39 is 0 Å². The molecular formula is C12H16N2O2. The van der Waals surface area contributed by atoms with Gasteiger partial charge in [-0.15, -0.1) is 0 Å². The first-order chi connectivity index (χ1) is 7.74. The Morgan fingerprint density at radius 1 is 1.56 bits per heavy atom. The van der Waals surface area contributed by atoms with Gasteiger partial charge in [-0.05, 0) is 24.2 Å². The minimum absolute atomic E-state index is 0.0429. The zero-order chi connectivity index (χ0) is 11.5. The summed E-state index contributed by atoms with van der Waals surface area (Å²) in [5, 5.41) is 15.1. The normalized spacial score (nSPS) is 15.8. The van der Waals surface area contributed by atoms with Crippen molar-refractivity contribution in [2.45, 2.75) is 12.3 Å². The first kappa shape index (κ1) is 11.1. The number of carbonyl (C=O) groups is 1. The van der Waals surface area contributed by atoms with E-state index in [-0.39, 0.29) is 18.4 Å². The van der Waals surface area contributed by atoms with E-state index in [2.05, 4.69) is 10.6 Å². The zero-order valence-corrected chi connectivity index (χ0v) is 9.29. The molecule has 1 heterocycles. The summed E-state index contributed by atoms with van der Waals surface area (Å²) in [4.78, 5) is 11.2. The molecule has 2 rings (SSSR count). The number of fused-ring (bicyclic) bond motifs is 1. The second-order valence-electron chi connectivity index (χ2n) is 4.08. The summed E-state index contributed by atoms with van der Waals surface area (Å²) in [6.45, 7) is 0.845. The lowest BCUT2D eigenvalue weighted by atomic mass is 9.97. The SMILES string of the molecule is CNCC(CO)c1ccc2c(c1)CC(=O)N2. The van der Waals surface area contributed by atoms with Crippen LogP contribution in [0, 0.1) is 0 Å². The smallest absolute Gasteiger partial charge is 0.228 e. The number of benzene rings is 1. The number of nitrogens with one attached hydrogen (secondary N) is 2. The summed E-state index contributed by atoms with van der Waals surface area (Å²) in [7, 11) is 1.86. The van der Waals surface area contributed by atoms with Crippen LogP contribution in [0.3, 0.4) is 0 Å². The van der Waals surface area contributed by atoms with Crippen molar-refractivity contribution >= 4 is 11.6 Å². The monoisotopic (exact) mass is 220 g/mol. The molecule has 0 saturated carbocycles. The minimum Gasteiger partial charge on any atom is -0.396 e. The first-order valence-electron chi connectivity index (χ1n) is 5.42. The molecule has 1 aromatic rings. The summed E-state index contributed by atoms with van der Waals surface area (Å²) in [5.74, 6) is 0.132. The highest BCUT2D eigenvalue weighted by Crippen LogP contribution is 2.26. The number of rotatable bonds is 4. The molecule has 0 aliphatic carbocycles. The molecule has 4 nitrogen and oxygen atoms in total. The van der Waals surface area contributed by atoms with E-state index >= 15 is 0 Å². The lowest BCUT2D eigenvalue weighted by Crippen LogP contribution is -2.20. The minimum atomic E-state index is 0.0429. The second kappa shape index (κ2) is 4.63. The molecule has 1 aliphatic heterocycles. The Labute approximate surface area is 94.7 Å². The van der Waals surface area contributed by atoms with Crippen LogP contribution in [0.4, 0.5) is 5.69 Å². The highest BCUT2D eigenvalue weighted by molar-refractivity contribution is 5.99. The molecule has 1 atom stereocenters. The van der Waals surface area contributed by atoms with Gasteiger partial charge in [-0.25, -0.2) is 0 Å². The molecule has 0 radical (unpaired) electrons. The van der Waals surface area contributed by atoms with Crippen molar-refractivity contribution in [1.82, 2.24) is 5.32 Å². The third-order valence-electron chi connectivity index (χ3n) is 2.90. The standard InChI is InChI=1S/C12H16N2O2/c1-13-6-10(7-15)8-2-3-11-9(4-8)5-12(16)14-11/h2-4,10,13,15H,5-7H2,1H3,(H,14,16). The van der Waals surface area contributed by atoms with Crippen LogP contribution >= 0.6 is 0 Å². The fraction of sp³-hybridized carbons (Fsp3) is 0.417. The number of anilines is 1. The van der Waals surface area contributed by atoms with Gasteiger partial charge in [0.25, 0.3) is 0 Å². The highest BCUT2D eigenvalue weighted by Gasteiger charge is 2.19. The number of likely N-dealkylation sites (N-methyl/N-ethyl adjacent to an activating group) is 1. The topological polar surface area (TPSA) is 61.4 Å². The number of carbonyl (C=O) groups excluding carboxylic acids is 1. The molecule has 4 heteroatoms. The van der Waals surface area contributed by atoms with Gasteiger partial charge >= 0.3 is 0 Å². The Kier molecular flexibility index (Phi) is 3.22. The molecule has 0 saturated heterocycles. The van der Waals surface area contributed by atoms with Crippen molar-refractivity contribution in [2.75, 3.05) is 25.5 Å².